The van der Waals surface area contributed by atoms with Gasteiger partial charge in [-0.2, -0.15) is 0 Å². The summed E-state index contributed by atoms with van der Waals surface area (Å²) in [6.07, 6.45) is 1.10. The Kier molecular flexibility index (Phi) is 3.79. The fourth-order valence-corrected chi connectivity index (χ4v) is 1.70. The van der Waals surface area contributed by atoms with Gasteiger partial charge in [-0.3, -0.25) is 4.79 Å². The van der Waals surface area contributed by atoms with Crippen LogP contribution in [-0.4, -0.2) is 32.0 Å². The standard InChI is InChI=1S/C13H14N4O3/c1-8-3-4-10(5-9(8)2)15-12(18)7-17-11(13(19)20)6-14-16-17/h3-6H,7H2,1-2H3,(H,15,18)(H,19,20). The van der Waals surface area contributed by atoms with E-state index in [1.807, 2.05) is 26.0 Å². The van der Waals surface area contributed by atoms with E-state index < -0.39 is 5.97 Å². The van der Waals surface area contributed by atoms with Crippen LogP contribution in [0.3, 0.4) is 0 Å². The van der Waals surface area contributed by atoms with Crippen molar-refractivity contribution in [3.05, 3.63) is 41.2 Å². The van der Waals surface area contributed by atoms with Crippen LogP contribution >= 0.6 is 0 Å². The second kappa shape index (κ2) is 5.52. The molecule has 2 N–H and O–H groups in total. The van der Waals surface area contributed by atoms with E-state index in [-0.39, 0.29) is 18.1 Å². The predicted molar refractivity (Wildman–Crippen MR) is 71.5 cm³/mol. The molecule has 0 bridgehead atoms. The maximum absolute atomic E-state index is 11.9. The molecule has 0 fully saturated rings. The SMILES string of the molecule is Cc1ccc(NC(=O)Cn2nncc2C(=O)O)cc1C. The van der Waals surface area contributed by atoms with Crippen molar-refractivity contribution in [3.63, 3.8) is 0 Å². The van der Waals surface area contributed by atoms with E-state index in [4.69, 9.17) is 5.11 Å². The number of aryl methyl sites for hydroxylation is 2. The first-order valence-electron chi connectivity index (χ1n) is 5.96. The number of hydrogen-bond acceptors (Lipinski definition) is 4. The molecule has 7 nitrogen and oxygen atoms in total. The molecule has 2 aromatic rings. The van der Waals surface area contributed by atoms with Crippen LogP contribution in [0, 0.1) is 13.8 Å². The van der Waals surface area contributed by atoms with Crippen LogP contribution in [0.15, 0.2) is 24.4 Å². The van der Waals surface area contributed by atoms with Gasteiger partial charge in [-0.05, 0) is 37.1 Å². The number of nitrogens with one attached hydrogen (secondary N) is 1. The highest BCUT2D eigenvalue weighted by Gasteiger charge is 2.14. The molecule has 1 heterocycles. The van der Waals surface area contributed by atoms with E-state index in [0.29, 0.717) is 5.69 Å². The topological polar surface area (TPSA) is 97.1 Å². The maximum atomic E-state index is 11.9. The third-order valence-corrected chi connectivity index (χ3v) is 2.92. The third kappa shape index (κ3) is 3.00. The van der Waals surface area contributed by atoms with Crippen LogP contribution in [0.2, 0.25) is 0 Å². The fraction of sp³-hybridized carbons (Fsp3) is 0.231. The molecule has 0 unspecified atom stereocenters. The van der Waals surface area contributed by atoms with Crippen molar-refractivity contribution in [2.75, 3.05) is 5.32 Å². The van der Waals surface area contributed by atoms with Crippen molar-refractivity contribution in [1.82, 2.24) is 15.0 Å². The normalized spacial score (nSPS) is 10.3. The number of anilines is 1. The van der Waals surface area contributed by atoms with Gasteiger partial charge in [-0.1, -0.05) is 11.3 Å². The Morgan fingerprint density at radius 1 is 1.30 bits per heavy atom. The minimum absolute atomic E-state index is 0.125. The van der Waals surface area contributed by atoms with Gasteiger partial charge in [0.25, 0.3) is 0 Å². The highest BCUT2D eigenvalue weighted by Crippen LogP contribution is 2.14. The second-order valence-corrected chi connectivity index (χ2v) is 4.43. The zero-order valence-electron chi connectivity index (χ0n) is 11.1. The molecule has 0 aliphatic carbocycles. The lowest BCUT2D eigenvalue weighted by molar-refractivity contribution is -0.116. The van der Waals surface area contributed by atoms with Crippen LogP contribution < -0.4 is 5.32 Å². The van der Waals surface area contributed by atoms with E-state index in [1.165, 1.54) is 0 Å². The van der Waals surface area contributed by atoms with Crippen LogP contribution in [0.25, 0.3) is 0 Å². The summed E-state index contributed by atoms with van der Waals surface area (Å²) >= 11 is 0. The van der Waals surface area contributed by atoms with E-state index in [0.717, 1.165) is 22.0 Å². The third-order valence-electron chi connectivity index (χ3n) is 2.92. The predicted octanol–water partition coefficient (Wildman–Crippen LogP) is 1.23. The monoisotopic (exact) mass is 274 g/mol. The molecule has 0 spiro atoms. The average Bonchev–Trinajstić information content (AvgIpc) is 2.82. The average molecular weight is 274 g/mol. The Balaban J connectivity index is 2.07. The number of hydrogen-bond donors (Lipinski definition) is 2. The van der Waals surface area contributed by atoms with E-state index in [9.17, 15) is 9.59 Å². The van der Waals surface area contributed by atoms with Crippen LogP contribution in [0.4, 0.5) is 5.69 Å². The molecule has 104 valence electrons. The first-order chi connectivity index (χ1) is 9.47. The second-order valence-electron chi connectivity index (χ2n) is 4.43. The molecule has 1 aromatic heterocycles. The zero-order valence-corrected chi connectivity index (χ0v) is 11.1. The van der Waals surface area contributed by atoms with Gasteiger partial charge in [0.2, 0.25) is 5.91 Å². The Hall–Kier alpha value is -2.70. The molecule has 0 radical (unpaired) electrons. The molecule has 0 atom stereocenters. The minimum Gasteiger partial charge on any atom is -0.476 e. The van der Waals surface area contributed by atoms with Gasteiger partial charge in [0, 0.05) is 5.69 Å². The van der Waals surface area contributed by atoms with Gasteiger partial charge in [0.05, 0.1) is 6.20 Å². The Morgan fingerprint density at radius 2 is 2.05 bits per heavy atom. The number of aromatic nitrogens is 3. The first-order valence-corrected chi connectivity index (χ1v) is 5.96. The van der Waals surface area contributed by atoms with Crippen molar-refractivity contribution in [2.24, 2.45) is 0 Å². The lowest BCUT2D eigenvalue weighted by Crippen LogP contribution is -2.22. The molecular weight excluding hydrogens is 260 g/mol. The van der Waals surface area contributed by atoms with Crippen LogP contribution in [0.1, 0.15) is 21.6 Å². The van der Waals surface area contributed by atoms with Gasteiger partial charge < -0.3 is 10.4 Å². The number of carboxylic acids is 1. The summed E-state index contributed by atoms with van der Waals surface area (Å²) in [6, 6.07) is 5.55. The number of benzene rings is 1. The smallest absolute Gasteiger partial charge is 0.355 e. The molecule has 1 amide bonds. The summed E-state index contributed by atoms with van der Waals surface area (Å²) in [5.41, 5.74) is 2.73. The summed E-state index contributed by atoms with van der Waals surface area (Å²) in [5, 5.41) is 18.6. The number of amides is 1. The summed E-state index contributed by atoms with van der Waals surface area (Å²) < 4.78 is 1.04. The zero-order chi connectivity index (χ0) is 14.7. The van der Waals surface area contributed by atoms with Crippen molar-refractivity contribution < 1.29 is 14.7 Å². The molecule has 7 heteroatoms. The maximum Gasteiger partial charge on any atom is 0.355 e. The van der Waals surface area contributed by atoms with Crippen molar-refractivity contribution in [3.8, 4) is 0 Å². The van der Waals surface area contributed by atoms with Crippen LogP contribution in [-0.2, 0) is 11.3 Å². The van der Waals surface area contributed by atoms with Gasteiger partial charge in [-0.25, -0.2) is 9.48 Å². The number of nitrogens with zero attached hydrogens (tertiary/aromatic N) is 3. The molecule has 0 aliphatic heterocycles. The fourth-order valence-electron chi connectivity index (χ4n) is 1.70. The van der Waals surface area contributed by atoms with E-state index in [2.05, 4.69) is 15.6 Å². The van der Waals surface area contributed by atoms with Gasteiger partial charge >= 0.3 is 5.97 Å². The lowest BCUT2D eigenvalue weighted by Gasteiger charge is -2.08. The number of aromatic carboxylic acids is 1. The first kappa shape index (κ1) is 13.7. The molecule has 0 saturated carbocycles. The molecule has 2 rings (SSSR count). The van der Waals surface area contributed by atoms with Gasteiger partial charge in [0.15, 0.2) is 5.69 Å². The quantitative estimate of drug-likeness (QED) is 0.874. The molecule has 1 aromatic carbocycles. The summed E-state index contributed by atoms with van der Waals surface area (Å²) in [6.45, 7) is 3.73. The Labute approximate surface area is 115 Å². The summed E-state index contributed by atoms with van der Waals surface area (Å²) in [4.78, 5) is 22.7. The van der Waals surface area contributed by atoms with Crippen LogP contribution in [0.5, 0.6) is 0 Å². The van der Waals surface area contributed by atoms with E-state index >= 15 is 0 Å². The molecular formula is C13H14N4O3. The lowest BCUT2D eigenvalue weighted by atomic mass is 10.1. The highest BCUT2D eigenvalue weighted by atomic mass is 16.4. The van der Waals surface area contributed by atoms with Crippen molar-refractivity contribution in [1.29, 1.82) is 0 Å². The largest absolute Gasteiger partial charge is 0.476 e. The summed E-state index contributed by atoms with van der Waals surface area (Å²) in [5.74, 6) is -1.53. The number of carbonyl (C=O) groups is 2. The minimum atomic E-state index is -1.17. The van der Waals surface area contributed by atoms with E-state index in [1.54, 1.807) is 6.07 Å². The molecule has 0 saturated heterocycles. The summed E-state index contributed by atoms with van der Waals surface area (Å²) in [7, 11) is 0. The molecule has 20 heavy (non-hydrogen) atoms. The number of carbonyl (C=O) groups excluding carboxylic acids is 1. The number of carboxylic acid groups (broad SMARTS) is 1. The molecule has 0 aliphatic rings. The van der Waals surface area contributed by atoms with Gasteiger partial charge in [-0.15, -0.1) is 5.10 Å². The van der Waals surface area contributed by atoms with Crippen molar-refractivity contribution in [2.45, 2.75) is 20.4 Å². The van der Waals surface area contributed by atoms with Crippen molar-refractivity contribution >= 4 is 17.6 Å². The highest BCUT2D eigenvalue weighted by molar-refractivity contribution is 5.91. The Bertz CT molecular complexity index is 663. The van der Waals surface area contributed by atoms with Gasteiger partial charge in [0.1, 0.15) is 6.54 Å². The number of rotatable bonds is 4. The Morgan fingerprint density at radius 3 is 2.70 bits per heavy atom.